The lowest BCUT2D eigenvalue weighted by molar-refractivity contribution is 0.0746. The molecule has 0 unspecified atom stereocenters. The summed E-state index contributed by atoms with van der Waals surface area (Å²) in [5.74, 6) is 2.80. The molecule has 0 spiro atoms. The minimum Gasteiger partial charge on any atom is -0.352 e. The van der Waals surface area contributed by atoms with Gasteiger partial charge in [0.05, 0.1) is 10.3 Å². The lowest BCUT2D eigenvalue weighted by atomic mass is 9.89. The maximum atomic E-state index is 13.3. The van der Waals surface area contributed by atoms with Crippen LogP contribution in [-0.2, 0) is 22.9 Å². The Morgan fingerprint density at radius 1 is 1.00 bits per heavy atom. The number of rotatable bonds is 5. The number of fused-ring (bicyclic) bond motifs is 3. The quantitative estimate of drug-likeness (QED) is 0.445. The van der Waals surface area contributed by atoms with Gasteiger partial charge in [0.25, 0.3) is 5.91 Å². The predicted molar refractivity (Wildman–Crippen MR) is 155 cm³/mol. The Balaban J connectivity index is 1.20. The smallest absolute Gasteiger partial charge is 0.253 e. The molecule has 1 aliphatic carbocycles. The van der Waals surface area contributed by atoms with Gasteiger partial charge in [0.15, 0.2) is 0 Å². The zero-order valence-electron chi connectivity index (χ0n) is 23.0. The number of nitrogens with zero attached hydrogens (tertiary/aromatic N) is 5. The van der Waals surface area contributed by atoms with Crippen LogP contribution in [0.3, 0.4) is 0 Å². The number of sulfonamides is 1. The first-order chi connectivity index (χ1) is 18.7. The molecule has 6 rings (SSSR count). The van der Waals surface area contributed by atoms with Gasteiger partial charge in [0, 0.05) is 55.6 Å². The molecule has 2 aromatic heterocycles. The van der Waals surface area contributed by atoms with Gasteiger partial charge < -0.3 is 9.80 Å². The average molecular weight is 568 g/mol. The summed E-state index contributed by atoms with van der Waals surface area (Å²) in [6, 6.07) is 6.45. The third kappa shape index (κ3) is 4.95. The fourth-order valence-electron chi connectivity index (χ4n) is 5.98. The van der Waals surface area contributed by atoms with Gasteiger partial charge in [0.2, 0.25) is 10.0 Å². The Labute approximate surface area is 235 Å². The summed E-state index contributed by atoms with van der Waals surface area (Å²) in [5, 5.41) is 1.22. The predicted octanol–water partition coefficient (Wildman–Crippen LogP) is 4.69. The van der Waals surface area contributed by atoms with E-state index in [1.807, 2.05) is 16.2 Å². The second-order valence-electron chi connectivity index (χ2n) is 11.5. The van der Waals surface area contributed by atoms with Crippen LogP contribution in [0.25, 0.3) is 10.2 Å². The maximum absolute atomic E-state index is 13.3. The Hall–Kier alpha value is -2.56. The van der Waals surface area contributed by atoms with Gasteiger partial charge in [-0.2, -0.15) is 4.31 Å². The largest absolute Gasteiger partial charge is 0.352 e. The minimum atomic E-state index is -3.49. The van der Waals surface area contributed by atoms with Crippen LogP contribution in [-0.4, -0.2) is 72.8 Å². The van der Waals surface area contributed by atoms with Crippen LogP contribution in [0, 0.1) is 5.92 Å². The van der Waals surface area contributed by atoms with Crippen LogP contribution in [0.15, 0.2) is 29.2 Å². The van der Waals surface area contributed by atoms with Crippen LogP contribution in [0.4, 0.5) is 5.82 Å². The van der Waals surface area contributed by atoms with Crippen LogP contribution < -0.4 is 4.90 Å². The highest BCUT2D eigenvalue weighted by Crippen LogP contribution is 2.41. The van der Waals surface area contributed by atoms with Gasteiger partial charge in [-0.05, 0) is 67.9 Å². The molecule has 3 aromatic rings. The molecule has 39 heavy (non-hydrogen) atoms. The molecular formula is C29H37N5O3S2. The number of thiophene rings is 1. The summed E-state index contributed by atoms with van der Waals surface area (Å²) in [5.41, 5.74) is 1.96. The Kier molecular flexibility index (Phi) is 7.14. The Morgan fingerprint density at radius 2 is 1.69 bits per heavy atom. The summed E-state index contributed by atoms with van der Waals surface area (Å²) < 4.78 is 27.2. The second kappa shape index (κ2) is 10.4. The molecule has 3 aliphatic rings. The number of carbonyl (C=O) groups is 1. The van der Waals surface area contributed by atoms with Gasteiger partial charge in [-0.25, -0.2) is 18.4 Å². The molecule has 8 nitrogen and oxygen atoms in total. The van der Waals surface area contributed by atoms with Crippen molar-refractivity contribution in [1.29, 1.82) is 0 Å². The van der Waals surface area contributed by atoms with E-state index in [0.717, 1.165) is 42.2 Å². The second-order valence-corrected chi connectivity index (χ2v) is 14.5. The average Bonchev–Trinajstić information content (AvgIpc) is 3.61. The Morgan fingerprint density at radius 3 is 2.36 bits per heavy atom. The number of benzene rings is 1. The third-order valence-corrected chi connectivity index (χ3v) is 11.4. The lowest BCUT2D eigenvalue weighted by Crippen LogP contribution is -2.49. The minimum absolute atomic E-state index is 0.0580. The standard InChI is InChI=1S/C29H37N5O3S2/c1-19(2)26-30-27(25-23-11-6-20(3)18-24(23)38-28(25)31-26)32-14-16-33(17-15-32)29(35)21-7-9-22(10-8-21)39(36,37)34-12-4-5-13-34/h7-10,19-20H,4-6,11-18H2,1-3H3/t20-/m0/s1. The number of aryl methyl sites for hydroxylation is 1. The van der Waals surface area contributed by atoms with E-state index in [1.54, 1.807) is 24.3 Å². The highest BCUT2D eigenvalue weighted by molar-refractivity contribution is 7.89. The van der Waals surface area contributed by atoms with Crippen molar-refractivity contribution < 1.29 is 13.2 Å². The molecule has 1 amide bonds. The number of piperazine rings is 1. The zero-order chi connectivity index (χ0) is 27.3. The van der Waals surface area contributed by atoms with Crippen molar-refractivity contribution in [1.82, 2.24) is 19.2 Å². The summed E-state index contributed by atoms with van der Waals surface area (Å²) in [6.07, 6.45) is 5.19. The highest BCUT2D eigenvalue weighted by Gasteiger charge is 2.30. The number of hydrogen-bond acceptors (Lipinski definition) is 7. The van der Waals surface area contributed by atoms with E-state index in [1.165, 1.54) is 26.6 Å². The van der Waals surface area contributed by atoms with Crippen molar-refractivity contribution in [2.45, 2.75) is 63.7 Å². The molecule has 1 aromatic carbocycles. The van der Waals surface area contributed by atoms with E-state index in [4.69, 9.17) is 9.97 Å². The summed E-state index contributed by atoms with van der Waals surface area (Å²) >= 11 is 1.84. The number of anilines is 1. The van der Waals surface area contributed by atoms with E-state index in [9.17, 15) is 13.2 Å². The molecular weight excluding hydrogens is 530 g/mol. The fourth-order valence-corrected chi connectivity index (χ4v) is 8.88. The highest BCUT2D eigenvalue weighted by atomic mass is 32.2. The third-order valence-electron chi connectivity index (χ3n) is 8.34. The molecule has 0 radical (unpaired) electrons. The molecule has 10 heteroatoms. The fraction of sp³-hybridized carbons (Fsp3) is 0.552. The topological polar surface area (TPSA) is 86.7 Å². The first kappa shape index (κ1) is 26.7. The monoisotopic (exact) mass is 567 g/mol. The first-order valence-electron chi connectivity index (χ1n) is 14.2. The van der Waals surface area contributed by atoms with E-state index in [-0.39, 0.29) is 16.7 Å². The van der Waals surface area contributed by atoms with Crippen molar-refractivity contribution in [3.8, 4) is 0 Å². The van der Waals surface area contributed by atoms with Crippen LogP contribution >= 0.6 is 11.3 Å². The molecule has 208 valence electrons. The van der Waals surface area contributed by atoms with E-state index in [2.05, 4.69) is 25.7 Å². The van der Waals surface area contributed by atoms with Gasteiger partial charge in [-0.3, -0.25) is 4.79 Å². The molecule has 2 fully saturated rings. The Bertz CT molecular complexity index is 1490. The lowest BCUT2D eigenvalue weighted by Gasteiger charge is -2.36. The van der Waals surface area contributed by atoms with E-state index >= 15 is 0 Å². The first-order valence-corrected chi connectivity index (χ1v) is 16.4. The van der Waals surface area contributed by atoms with Crippen LogP contribution in [0.5, 0.6) is 0 Å². The van der Waals surface area contributed by atoms with Gasteiger partial charge in [-0.1, -0.05) is 20.8 Å². The van der Waals surface area contributed by atoms with Gasteiger partial charge >= 0.3 is 0 Å². The molecule has 1 atom stereocenters. The van der Waals surface area contributed by atoms with E-state index < -0.39 is 10.0 Å². The van der Waals surface area contributed by atoms with Crippen molar-refractivity contribution in [2.24, 2.45) is 5.92 Å². The van der Waals surface area contributed by atoms with Crippen LogP contribution in [0.1, 0.15) is 72.6 Å². The van der Waals surface area contributed by atoms with Gasteiger partial charge in [-0.15, -0.1) is 11.3 Å². The zero-order valence-corrected chi connectivity index (χ0v) is 24.7. The molecule has 2 saturated heterocycles. The SMILES string of the molecule is CC(C)c1nc(N2CCN(C(=O)c3ccc(S(=O)(=O)N4CCCC4)cc3)CC2)c2c3c(sc2n1)C[C@@H](C)CC3. The number of amides is 1. The van der Waals surface area contributed by atoms with Crippen molar-refractivity contribution in [2.75, 3.05) is 44.2 Å². The summed E-state index contributed by atoms with van der Waals surface area (Å²) in [6.45, 7) is 10.3. The van der Waals surface area contributed by atoms with E-state index in [0.29, 0.717) is 50.7 Å². The van der Waals surface area contributed by atoms with Crippen molar-refractivity contribution in [3.05, 3.63) is 46.1 Å². The number of hydrogen-bond donors (Lipinski definition) is 0. The van der Waals surface area contributed by atoms with Crippen molar-refractivity contribution in [3.63, 3.8) is 0 Å². The van der Waals surface area contributed by atoms with Crippen LogP contribution in [0.2, 0.25) is 0 Å². The molecule has 0 bridgehead atoms. The summed E-state index contributed by atoms with van der Waals surface area (Å²) in [7, 11) is -3.49. The molecule has 0 N–H and O–H groups in total. The number of carbonyl (C=O) groups excluding carboxylic acids is 1. The normalized spacial score (nSPS) is 20.7. The molecule has 0 saturated carbocycles. The molecule has 4 heterocycles. The number of aromatic nitrogens is 2. The maximum Gasteiger partial charge on any atom is 0.253 e. The van der Waals surface area contributed by atoms with Crippen molar-refractivity contribution >= 4 is 43.3 Å². The summed E-state index contributed by atoms with van der Waals surface area (Å²) in [4.78, 5) is 30.4. The van der Waals surface area contributed by atoms with Gasteiger partial charge in [0.1, 0.15) is 16.5 Å². The molecule has 2 aliphatic heterocycles.